The van der Waals surface area contributed by atoms with Crippen molar-refractivity contribution in [1.82, 2.24) is 14.9 Å². The van der Waals surface area contributed by atoms with E-state index in [1.54, 1.807) is 18.4 Å². The molecule has 0 radical (unpaired) electrons. The van der Waals surface area contributed by atoms with E-state index in [4.69, 9.17) is 24.2 Å². The van der Waals surface area contributed by atoms with E-state index >= 15 is 0 Å². The fourth-order valence-corrected chi connectivity index (χ4v) is 5.40. The van der Waals surface area contributed by atoms with Crippen molar-refractivity contribution in [2.24, 2.45) is 0 Å². The molecule has 1 fully saturated rings. The fourth-order valence-electron chi connectivity index (χ4n) is 4.12. The van der Waals surface area contributed by atoms with E-state index < -0.39 is 0 Å². The number of carbonyl (C=O) groups excluding carboxylic acids is 1. The van der Waals surface area contributed by atoms with Crippen molar-refractivity contribution in [3.63, 3.8) is 0 Å². The summed E-state index contributed by atoms with van der Waals surface area (Å²) in [4.78, 5) is 28.9. The van der Waals surface area contributed by atoms with Crippen LogP contribution in [0.5, 0.6) is 0 Å². The number of rotatable bonds is 8. The Hall–Kier alpha value is -1.81. The van der Waals surface area contributed by atoms with E-state index in [0.717, 1.165) is 61.0 Å². The Kier molecular flexibility index (Phi) is 7.14. The smallest absolute Gasteiger partial charge is 0.325 e. The fraction of sp³-hybridized carbons (Fsp3) is 0.667. The number of aromatic nitrogens is 2. The molecule has 9 heteroatoms. The maximum atomic E-state index is 12.2. The van der Waals surface area contributed by atoms with Gasteiger partial charge in [-0.1, -0.05) is 0 Å². The number of anilines is 1. The Morgan fingerprint density at radius 2 is 2.00 bits per heavy atom. The van der Waals surface area contributed by atoms with Gasteiger partial charge in [-0.05, 0) is 31.2 Å². The maximum Gasteiger partial charge on any atom is 0.325 e. The molecule has 1 aliphatic carbocycles. The summed E-state index contributed by atoms with van der Waals surface area (Å²) in [5, 5.41) is 1.11. The van der Waals surface area contributed by atoms with Gasteiger partial charge >= 0.3 is 5.97 Å². The SMILES string of the molecule is COCCN(CC(=O)OC)c1nc(CN2CCOCC2)nc2sc3c(c12)CCCC3. The predicted octanol–water partition coefficient (Wildman–Crippen LogP) is 2.03. The first-order chi connectivity index (χ1) is 14.7. The Bertz CT molecular complexity index is 882. The van der Waals surface area contributed by atoms with Crippen LogP contribution in [0.4, 0.5) is 5.82 Å². The number of hydrogen-bond acceptors (Lipinski definition) is 9. The molecule has 0 spiro atoms. The van der Waals surface area contributed by atoms with Crippen LogP contribution in [-0.2, 0) is 38.4 Å². The number of thiophene rings is 1. The third-order valence-corrected chi connectivity index (χ3v) is 6.91. The van der Waals surface area contributed by atoms with Crippen molar-refractivity contribution in [3.05, 3.63) is 16.3 Å². The molecule has 0 amide bonds. The lowest BCUT2D eigenvalue weighted by Crippen LogP contribution is -2.37. The zero-order valence-electron chi connectivity index (χ0n) is 17.8. The van der Waals surface area contributed by atoms with Gasteiger partial charge < -0.3 is 19.1 Å². The molecule has 30 heavy (non-hydrogen) atoms. The summed E-state index contributed by atoms with van der Waals surface area (Å²) in [6.45, 7) is 5.15. The zero-order chi connectivity index (χ0) is 20.9. The molecule has 0 unspecified atom stereocenters. The number of hydrogen-bond donors (Lipinski definition) is 0. The van der Waals surface area contributed by atoms with E-state index in [0.29, 0.717) is 19.7 Å². The first-order valence-electron chi connectivity index (χ1n) is 10.6. The van der Waals surface area contributed by atoms with Crippen molar-refractivity contribution in [2.45, 2.75) is 32.2 Å². The van der Waals surface area contributed by atoms with E-state index in [-0.39, 0.29) is 12.5 Å². The molecule has 0 atom stereocenters. The maximum absolute atomic E-state index is 12.2. The van der Waals surface area contributed by atoms with Crippen LogP contribution in [0, 0.1) is 0 Å². The van der Waals surface area contributed by atoms with Gasteiger partial charge in [0.05, 0.1) is 38.9 Å². The van der Waals surface area contributed by atoms with Crippen LogP contribution in [0.2, 0.25) is 0 Å². The van der Waals surface area contributed by atoms with E-state index in [2.05, 4.69) is 4.90 Å². The quantitative estimate of drug-likeness (QED) is 0.584. The molecule has 0 bridgehead atoms. The number of aryl methyl sites for hydroxylation is 2. The minimum Gasteiger partial charge on any atom is -0.468 e. The van der Waals surface area contributed by atoms with E-state index in [1.165, 1.54) is 30.4 Å². The minimum absolute atomic E-state index is 0.146. The van der Waals surface area contributed by atoms with Gasteiger partial charge in [0.15, 0.2) is 0 Å². The highest BCUT2D eigenvalue weighted by atomic mass is 32.1. The summed E-state index contributed by atoms with van der Waals surface area (Å²) in [5.74, 6) is 1.35. The van der Waals surface area contributed by atoms with Gasteiger partial charge in [0, 0.05) is 31.6 Å². The van der Waals surface area contributed by atoms with Gasteiger partial charge in [-0.2, -0.15) is 0 Å². The van der Waals surface area contributed by atoms with Crippen molar-refractivity contribution in [1.29, 1.82) is 0 Å². The average Bonchev–Trinajstić information content (AvgIpc) is 3.15. The van der Waals surface area contributed by atoms with Crippen LogP contribution in [0.25, 0.3) is 10.2 Å². The first kappa shape index (κ1) is 21.4. The van der Waals surface area contributed by atoms with Crippen LogP contribution >= 0.6 is 11.3 Å². The number of ether oxygens (including phenoxy) is 3. The van der Waals surface area contributed by atoms with Crippen molar-refractivity contribution >= 4 is 33.3 Å². The Morgan fingerprint density at radius 1 is 1.20 bits per heavy atom. The number of fused-ring (bicyclic) bond motifs is 3. The Labute approximate surface area is 181 Å². The van der Waals surface area contributed by atoms with Gasteiger partial charge in [0.25, 0.3) is 0 Å². The number of morpholine rings is 1. The number of methoxy groups -OCH3 is 2. The Balaban J connectivity index is 1.76. The highest BCUT2D eigenvalue weighted by molar-refractivity contribution is 7.19. The highest BCUT2D eigenvalue weighted by Gasteiger charge is 2.25. The first-order valence-corrected chi connectivity index (χ1v) is 11.4. The third kappa shape index (κ3) is 4.74. The lowest BCUT2D eigenvalue weighted by atomic mass is 9.97. The monoisotopic (exact) mass is 434 g/mol. The molecule has 0 aromatic carbocycles. The number of esters is 1. The molecule has 164 valence electrons. The number of carbonyl (C=O) groups is 1. The molecule has 8 nitrogen and oxygen atoms in total. The normalized spacial score (nSPS) is 17.1. The number of nitrogens with zero attached hydrogens (tertiary/aromatic N) is 4. The lowest BCUT2D eigenvalue weighted by Gasteiger charge is -2.27. The lowest BCUT2D eigenvalue weighted by molar-refractivity contribution is -0.139. The van der Waals surface area contributed by atoms with Gasteiger partial charge in [-0.15, -0.1) is 11.3 Å². The highest BCUT2D eigenvalue weighted by Crippen LogP contribution is 2.39. The molecule has 0 N–H and O–H groups in total. The van der Waals surface area contributed by atoms with Crippen LogP contribution in [-0.4, -0.2) is 81.1 Å². The summed E-state index contributed by atoms with van der Waals surface area (Å²) < 4.78 is 15.7. The van der Waals surface area contributed by atoms with Crippen molar-refractivity contribution in [2.75, 3.05) is 65.1 Å². The second kappa shape index (κ2) is 10.00. The van der Waals surface area contributed by atoms with E-state index in [9.17, 15) is 4.79 Å². The van der Waals surface area contributed by atoms with Gasteiger partial charge in [-0.3, -0.25) is 9.69 Å². The van der Waals surface area contributed by atoms with Crippen molar-refractivity contribution < 1.29 is 19.0 Å². The van der Waals surface area contributed by atoms with Crippen LogP contribution in [0.3, 0.4) is 0 Å². The molecule has 3 heterocycles. The summed E-state index contributed by atoms with van der Waals surface area (Å²) in [5.41, 5.74) is 1.36. The summed E-state index contributed by atoms with van der Waals surface area (Å²) in [6.07, 6.45) is 4.55. The summed E-state index contributed by atoms with van der Waals surface area (Å²) in [6, 6.07) is 0. The molecular formula is C21H30N4O4S. The molecule has 4 rings (SSSR count). The van der Waals surface area contributed by atoms with Gasteiger partial charge in [0.1, 0.15) is 23.0 Å². The van der Waals surface area contributed by atoms with Crippen molar-refractivity contribution in [3.8, 4) is 0 Å². The molecule has 2 aromatic rings. The van der Waals surface area contributed by atoms with Gasteiger partial charge in [0.2, 0.25) is 0 Å². The standard InChI is InChI=1S/C21H30N4O4S/c1-27-10-9-25(14-18(26)28-2)20-19-15-5-3-4-6-16(15)30-21(19)23-17(22-20)13-24-7-11-29-12-8-24/h3-14H2,1-2H3. The Morgan fingerprint density at radius 3 is 2.77 bits per heavy atom. The molecule has 1 saturated heterocycles. The topological polar surface area (TPSA) is 77.0 Å². The van der Waals surface area contributed by atoms with E-state index in [1.807, 2.05) is 4.90 Å². The van der Waals surface area contributed by atoms with Gasteiger partial charge in [-0.25, -0.2) is 9.97 Å². The van der Waals surface area contributed by atoms with Crippen LogP contribution in [0.1, 0.15) is 29.1 Å². The molecule has 1 aliphatic heterocycles. The molecule has 0 saturated carbocycles. The molecule has 2 aliphatic rings. The second-order valence-corrected chi connectivity index (χ2v) is 8.82. The summed E-state index contributed by atoms with van der Waals surface area (Å²) in [7, 11) is 3.09. The largest absolute Gasteiger partial charge is 0.468 e. The van der Waals surface area contributed by atoms with Crippen LogP contribution in [0.15, 0.2) is 0 Å². The minimum atomic E-state index is -0.281. The molecule has 2 aromatic heterocycles. The second-order valence-electron chi connectivity index (χ2n) is 7.73. The third-order valence-electron chi connectivity index (χ3n) is 5.72. The van der Waals surface area contributed by atoms with Crippen LogP contribution < -0.4 is 4.90 Å². The predicted molar refractivity (Wildman–Crippen MR) is 116 cm³/mol. The molecular weight excluding hydrogens is 404 g/mol. The summed E-state index contributed by atoms with van der Waals surface area (Å²) >= 11 is 1.79. The zero-order valence-corrected chi connectivity index (χ0v) is 18.6. The average molecular weight is 435 g/mol.